The van der Waals surface area contributed by atoms with Gasteiger partial charge in [0.15, 0.2) is 0 Å². The lowest BCUT2D eigenvalue weighted by Crippen LogP contribution is -2.47. The van der Waals surface area contributed by atoms with Crippen molar-refractivity contribution in [3.05, 3.63) is 64.1 Å². The van der Waals surface area contributed by atoms with Crippen LogP contribution in [0.15, 0.2) is 47.4 Å². The van der Waals surface area contributed by atoms with Gasteiger partial charge in [-0.25, -0.2) is 0 Å². The highest BCUT2D eigenvalue weighted by molar-refractivity contribution is 6.04. The Bertz CT molecular complexity index is 808. The van der Waals surface area contributed by atoms with Crippen LogP contribution >= 0.6 is 0 Å². The van der Waals surface area contributed by atoms with Crippen molar-refractivity contribution in [3.8, 4) is 0 Å². The van der Waals surface area contributed by atoms with Crippen LogP contribution in [0.3, 0.4) is 0 Å². The molecule has 2 aromatic rings. The van der Waals surface area contributed by atoms with Crippen molar-refractivity contribution < 1.29 is 14.3 Å². The molecule has 3 rings (SSSR count). The lowest BCUT2D eigenvalue weighted by Gasteiger charge is -2.33. The maximum absolute atomic E-state index is 12.5. The van der Waals surface area contributed by atoms with E-state index in [-0.39, 0.29) is 23.4 Å². The monoisotopic (exact) mass is 341 g/mol. The summed E-state index contributed by atoms with van der Waals surface area (Å²) < 4.78 is 5.35. The fraction of sp³-hybridized carbons (Fsp3) is 0.278. The van der Waals surface area contributed by atoms with Gasteiger partial charge in [0.25, 0.3) is 11.8 Å². The largest absolute Gasteiger partial charge is 0.377 e. The van der Waals surface area contributed by atoms with E-state index in [0.717, 1.165) is 0 Å². The Balaban J connectivity index is 1.67. The van der Waals surface area contributed by atoms with E-state index in [0.29, 0.717) is 36.6 Å². The molecule has 1 unspecified atom stereocenters. The molecule has 2 amide bonds. The van der Waals surface area contributed by atoms with Gasteiger partial charge in [-0.3, -0.25) is 14.4 Å². The SMILES string of the molecule is CC1COCCN1C(=O)c1ccc(NC(=O)c2ccc(=O)[nH]c2)cc1. The number of aromatic nitrogens is 1. The molecule has 1 atom stereocenters. The number of H-pyrrole nitrogens is 1. The number of hydrogen-bond donors (Lipinski definition) is 2. The zero-order valence-corrected chi connectivity index (χ0v) is 13.8. The van der Waals surface area contributed by atoms with E-state index in [1.807, 2.05) is 6.92 Å². The fourth-order valence-corrected chi connectivity index (χ4v) is 2.65. The van der Waals surface area contributed by atoms with E-state index in [1.165, 1.54) is 18.3 Å². The average Bonchev–Trinajstić information content (AvgIpc) is 2.63. The summed E-state index contributed by atoms with van der Waals surface area (Å²) in [4.78, 5) is 39.9. The molecule has 0 saturated carbocycles. The number of amides is 2. The Morgan fingerprint density at radius 1 is 1.16 bits per heavy atom. The molecule has 1 aliphatic heterocycles. The average molecular weight is 341 g/mol. The van der Waals surface area contributed by atoms with Crippen LogP contribution in [0.4, 0.5) is 5.69 Å². The predicted molar refractivity (Wildman–Crippen MR) is 92.8 cm³/mol. The third-order valence-electron chi connectivity index (χ3n) is 4.06. The highest BCUT2D eigenvalue weighted by Crippen LogP contribution is 2.15. The molecule has 2 N–H and O–H groups in total. The number of rotatable bonds is 3. The zero-order chi connectivity index (χ0) is 17.8. The topological polar surface area (TPSA) is 91.5 Å². The number of pyridine rings is 1. The molecule has 25 heavy (non-hydrogen) atoms. The van der Waals surface area contributed by atoms with Gasteiger partial charge in [0, 0.05) is 30.1 Å². The van der Waals surface area contributed by atoms with Crippen LogP contribution in [-0.2, 0) is 4.74 Å². The number of hydrogen-bond acceptors (Lipinski definition) is 4. The molecule has 1 aromatic heterocycles. The first-order valence-electron chi connectivity index (χ1n) is 8.03. The number of aromatic amines is 1. The molecule has 0 bridgehead atoms. The number of carbonyl (C=O) groups excluding carboxylic acids is 2. The summed E-state index contributed by atoms with van der Waals surface area (Å²) in [5.41, 5.74) is 1.22. The first kappa shape index (κ1) is 16.9. The Hall–Kier alpha value is -2.93. The summed E-state index contributed by atoms with van der Waals surface area (Å²) in [5.74, 6) is -0.383. The number of morpholine rings is 1. The molecule has 2 heterocycles. The number of benzene rings is 1. The van der Waals surface area contributed by atoms with E-state index in [1.54, 1.807) is 29.2 Å². The van der Waals surface area contributed by atoms with Crippen LogP contribution in [0.1, 0.15) is 27.6 Å². The van der Waals surface area contributed by atoms with Gasteiger partial charge >= 0.3 is 0 Å². The van der Waals surface area contributed by atoms with Gasteiger partial charge < -0.3 is 19.9 Å². The summed E-state index contributed by atoms with van der Waals surface area (Å²) in [6.07, 6.45) is 1.36. The van der Waals surface area contributed by atoms with Crippen molar-refractivity contribution in [3.63, 3.8) is 0 Å². The smallest absolute Gasteiger partial charge is 0.257 e. The first-order valence-corrected chi connectivity index (χ1v) is 8.03. The fourth-order valence-electron chi connectivity index (χ4n) is 2.65. The van der Waals surface area contributed by atoms with Gasteiger partial charge in [0.05, 0.1) is 24.8 Å². The molecular formula is C18H19N3O4. The summed E-state index contributed by atoms with van der Waals surface area (Å²) in [6.45, 7) is 3.61. The maximum atomic E-state index is 12.5. The van der Waals surface area contributed by atoms with Crippen LogP contribution in [0.5, 0.6) is 0 Å². The van der Waals surface area contributed by atoms with Crippen molar-refractivity contribution >= 4 is 17.5 Å². The molecule has 0 spiro atoms. The van der Waals surface area contributed by atoms with E-state index in [4.69, 9.17) is 4.74 Å². The molecule has 130 valence electrons. The minimum atomic E-state index is -0.336. The second-order valence-electron chi connectivity index (χ2n) is 5.90. The Labute approximate surface area is 144 Å². The molecule has 1 fully saturated rings. The quantitative estimate of drug-likeness (QED) is 0.885. The first-order chi connectivity index (χ1) is 12.0. The van der Waals surface area contributed by atoms with E-state index in [9.17, 15) is 14.4 Å². The van der Waals surface area contributed by atoms with Gasteiger partial charge in [-0.2, -0.15) is 0 Å². The lowest BCUT2D eigenvalue weighted by atomic mass is 10.1. The van der Waals surface area contributed by atoms with Crippen LogP contribution in [0.25, 0.3) is 0 Å². The van der Waals surface area contributed by atoms with Crippen molar-refractivity contribution in [1.29, 1.82) is 0 Å². The number of carbonyl (C=O) groups is 2. The van der Waals surface area contributed by atoms with Gasteiger partial charge in [0.1, 0.15) is 0 Å². The summed E-state index contributed by atoms with van der Waals surface area (Å²) in [7, 11) is 0. The maximum Gasteiger partial charge on any atom is 0.257 e. The standard InChI is InChI=1S/C18H19N3O4/c1-12-11-25-9-8-21(12)18(24)13-2-5-15(6-3-13)20-17(23)14-4-7-16(22)19-10-14/h2-7,10,12H,8-9,11H2,1H3,(H,19,22)(H,20,23). The van der Waals surface area contributed by atoms with E-state index < -0.39 is 0 Å². The lowest BCUT2D eigenvalue weighted by molar-refractivity contribution is 0.00359. The Kier molecular flexibility index (Phi) is 4.95. The minimum absolute atomic E-state index is 0.0425. The number of anilines is 1. The van der Waals surface area contributed by atoms with Crippen LogP contribution in [0.2, 0.25) is 0 Å². The number of nitrogens with zero attached hydrogens (tertiary/aromatic N) is 1. The van der Waals surface area contributed by atoms with Gasteiger partial charge in [-0.1, -0.05) is 0 Å². The molecule has 1 aromatic carbocycles. The zero-order valence-electron chi connectivity index (χ0n) is 13.8. The summed E-state index contributed by atoms with van der Waals surface area (Å²) in [6, 6.07) is 9.52. The summed E-state index contributed by atoms with van der Waals surface area (Å²) in [5, 5.41) is 2.73. The third-order valence-corrected chi connectivity index (χ3v) is 4.06. The van der Waals surface area contributed by atoms with Crippen molar-refractivity contribution in [2.24, 2.45) is 0 Å². The van der Waals surface area contributed by atoms with Crippen LogP contribution in [-0.4, -0.2) is 47.5 Å². The molecule has 1 aliphatic rings. The number of ether oxygens (including phenoxy) is 1. The molecule has 7 nitrogen and oxygen atoms in total. The predicted octanol–water partition coefficient (Wildman–Crippen LogP) is 1.49. The molecule has 0 radical (unpaired) electrons. The van der Waals surface area contributed by atoms with Crippen molar-refractivity contribution in [2.45, 2.75) is 13.0 Å². The normalized spacial score (nSPS) is 17.2. The van der Waals surface area contributed by atoms with Crippen molar-refractivity contribution in [1.82, 2.24) is 9.88 Å². The molecule has 1 saturated heterocycles. The van der Waals surface area contributed by atoms with Gasteiger partial charge in [0.2, 0.25) is 5.56 Å². The Morgan fingerprint density at radius 2 is 1.88 bits per heavy atom. The molecule has 0 aliphatic carbocycles. The van der Waals surface area contributed by atoms with Gasteiger partial charge in [-0.05, 0) is 37.3 Å². The van der Waals surface area contributed by atoms with Crippen LogP contribution in [0, 0.1) is 0 Å². The van der Waals surface area contributed by atoms with E-state index in [2.05, 4.69) is 10.3 Å². The van der Waals surface area contributed by atoms with Crippen molar-refractivity contribution in [2.75, 3.05) is 25.1 Å². The highest BCUT2D eigenvalue weighted by atomic mass is 16.5. The van der Waals surface area contributed by atoms with E-state index >= 15 is 0 Å². The molecular weight excluding hydrogens is 322 g/mol. The second kappa shape index (κ2) is 7.31. The third kappa shape index (κ3) is 3.95. The molecule has 7 heteroatoms. The van der Waals surface area contributed by atoms with Gasteiger partial charge in [-0.15, -0.1) is 0 Å². The summed E-state index contributed by atoms with van der Waals surface area (Å²) >= 11 is 0. The second-order valence-corrected chi connectivity index (χ2v) is 5.90. The minimum Gasteiger partial charge on any atom is -0.377 e. The highest BCUT2D eigenvalue weighted by Gasteiger charge is 2.24. The number of nitrogens with one attached hydrogen (secondary N) is 2. The Morgan fingerprint density at radius 3 is 2.52 bits per heavy atom. The van der Waals surface area contributed by atoms with Crippen LogP contribution < -0.4 is 10.9 Å².